The topological polar surface area (TPSA) is 63.4 Å². The summed E-state index contributed by atoms with van der Waals surface area (Å²) in [4.78, 5) is 28.0. The van der Waals surface area contributed by atoms with Gasteiger partial charge in [-0.1, -0.05) is 36.0 Å². The van der Waals surface area contributed by atoms with E-state index in [9.17, 15) is 9.59 Å². The monoisotopic (exact) mass is 340 g/mol. The third-order valence-corrected chi connectivity index (χ3v) is 5.28. The quantitative estimate of drug-likeness (QED) is 0.930. The second kappa shape index (κ2) is 7.09. The van der Waals surface area contributed by atoms with Gasteiger partial charge in [0.1, 0.15) is 0 Å². The molecule has 1 aliphatic heterocycles. The summed E-state index contributed by atoms with van der Waals surface area (Å²) < 4.78 is 0. The van der Waals surface area contributed by atoms with Crippen LogP contribution in [0.25, 0.3) is 0 Å². The maximum Gasteiger partial charge on any atom is 0.255 e. The summed E-state index contributed by atoms with van der Waals surface area (Å²) in [6.45, 7) is 3.01. The number of carbonyl (C=O) groups is 2. The lowest BCUT2D eigenvalue weighted by Gasteiger charge is -2.18. The van der Waals surface area contributed by atoms with E-state index < -0.39 is 0 Å². The van der Waals surface area contributed by atoms with Crippen molar-refractivity contribution in [3.63, 3.8) is 0 Å². The van der Waals surface area contributed by atoms with Crippen molar-refractivity contribution in [2.75, 3.05) is 13.1 Å². The zero-order valence-electron chi connectivity index (χ0n) is 13.6. The molecule has 0 saturated carbocycles. The predicted molar refractivity (Wildman–Crippen MR) is 94.9 cm³/mol. The fraction of sp³-hybridized carbons (Fsp3) is 0.263. The Balaban J connectivity index is 1.85. The van der Waals surface area contributed by atoms with E-state index in [0.717, 1.165) is 15.4 Å². The number of hydrogen-bond donors (Lipinski definition) is 1. The number of nitrogens with zero attached hydrogens (tertiary/aromatic N) is 1. The SMILES string of the molecule is Cc1ccc(C(=O)N2CC[C@H](C(N)=O)C2)c(Sc2ccccc2)c1. The van der Waals surface area contributed by atoms with Crippen molar-refractivity contribution in [2.24, 2.45) is 11.7 Å². The molecule has 0 spiro atoms. The molecule has 0 bridgehead atoms. The van der Waals surface area contributed by atoms with Crippen molar-refractivity contribution in [1.29, 1.82) is 0 Å². The maximum atomic E-state index is 12.9. The number of nitrogens with two attached hydrogens (primary N) is 1. The lowest BCUT2D eigenvalue weighted by molar-refractivity contribution is -0.121. The van der Waals surface area contributed by atoms with E-state index in [2.05, 4.69) is 0 Å². The lowest BCUT2D eigenvalue weighted by Crippen LogP contribution is -2.32. The molecule has 0 aromatic heterocycles. The Kier molecular flexibility index (Phi) is 4.90. The van der Waals surface area contributed by atoms with Gasteiger partial charge in [0, 0.05) is 22.9 Å². The molecular weight excluding hydrogens is 320 g/mol. The molecule has 0 radical (unpaired) electrons. The normalized spacial score (nSPS) is 17.0. The number of primary amides is 1. The van der Waals surface area contributed by atoms with Gasteiger partial charge in [0.2, 0.25) is 5.91 Å². The Bertz CT molecular complexity index is 761. The summed E-state index contributed by atoms with van der Waals surface area (Å²) >= 11 is 1.58. The van der Waals surface area contributed by atoms with E-state index in [0.29, 0.717) is 25.1 Å². The second-order valence-corrected chi connectivity index (χ2v) is 7.17. The largest absolute Gasteiger partial charge is 0.369 e. The van der Waals surface area contributed by atoms with Gasteiger partial charge in [-0.15, -0.1) is 0 Å². The first-order valence-electron chi connectivity index (χ1n) is 7.97. The van der Waals surface area contributed by atoms with E-state index in [1.165, 1.54) is 0 Å². The zero-order chi connectivity index (χ0) is 17.1. The highest BCUT2D eigenvalue weighted by Gasteiger charge is 2.31. The predicted octanol–water partition coefficient (Wildman–Crippen LogP) is 3.09. The van der Waals surface area contributed by atoms with Crippen LogP contribution in [-0.4, -0.2) is 29.8 Å². The fourth-order valence-electron chi connectivity index (χ4n) is 2.85. The van der Waals surface area contributed by atoms with E-state index in [4.69, 9.17) is 5.73 Å². The maximum absolute atomic E-state index is 12.9. The Hall–Kier alpha value is -2.27. The summed E-state index contributed by atoms with van der Waals surface area (Å²) in [6.07, 6.45) is 0.647. The molecule has 0 unspecified atom stereocenters. The number of aryl methyl sites for hydroxylation is 1. The molecule has 2 amide bonds. The summed E-state index contributed by atoms with van der Waals surface area (Å²) in [7, 11) is 0. The third-order valence-electron chi connectivity index (χ3n) is 4.22. The van der Waals surface area contributed by atoms with Gasteiger partial charge in [-0.3, -0.25) is 9.59 Å². The third kappa shape index (κ3) is 3.62. The van der Waals surface area contributed by atoms with Crippen LogP contribution in [0, 0.1) is 12.8 Å². The van der Waals surface area contributed by atoms with Gasteiger partial charge in [0.15, 0.2) is 0 Å². The Morgan fingerprint density at radius 2 is 1.92 bits per heavy atom. The number of carbonyl (C=O) groups excluding carboxylic acids is 2. The molecule has 1 fully saturated rings. The first-order chi connectivity index (χ1) is 11.5. The zero-order valence-corrected chi connectivity index (χ0v) is 14.4. The van der Waals surface area contributed by atoms with E-state index >= 15 is 0 Å². The summed E-state index contributed by atoms with van der Waals surface area (Å²) in [5.41, 5.74) is 7.16. The Labute approximate surface area is 146 Å². The molecule has 5 heteroatoms. The smallest absolute Gasteiger partial charge is 0.255 e. The summed E-state index contributed by atoms with van der Waals surface area (Å²) in [5.74, 6) is -0.588. The van der Waals surface area contributed by atoms with Crippen LogP contribution < -0.4 is 5.73 Å². The molecule has 0 aliphatic carbocycles. The molecule has 1 heterocycles. The average Bonchev–Trinajstić information content (AvgIpc) is 3.06. The first kappa shape index (κ1) is 16.6. The van der Waals surface area contributed by atoms with Crippen LogP contribution in [0.15, 0.2) is 58.3 Å². The van der Waals surface area contributed by atoms with Crippen molar-refractivity contribution in [3.05, 3.63) is 59.7 Å². The van der Waals surface area contributed by atoms with Gasteiger partial charge >= 0.3 is 0 Å². The van der Waals surface area contributed by atoms with Gasteiger partial charge in [0.25, 0.3) is 5.91 Å². The van der Waals surface area contributed by atoms with Gasteiger partial charge in [0.05, 0.1) is 11.5 Å². The number of likely N-dealkylation sites (tertiary alicyclic amines) is 1. The second-order valence-electron chi connectivity index (χ2n) is 6.05. The highest BCUT2D eigenvalue weighted by Crippen LogP contribution is 2.32. The van der Waals surface area contributed by atoms with Gasteiger partial charge in [-0.05, 0) is 43.2 Å². The number of amides is 2. The lowest BCUT2D eigenvalue weighted by atomic mass is 10.1. The molecule has 1 aliphatic rings. The number of hydrogen-bond acceptors (Lipinski definition) is 3. The van der Waals surface area contributed by atoms with Crippen LogP contribution in [-0.2, 0) is 4.79 Å². The first-order valence-corrected chi connectivity index (χ1v) is 8.78. The molecule has 2 aromatic rings. The van der Waals surface area contributed by atoms with Gasteiger partial charge in [-0.2, -0.15) is 0 Å². The van der Waals surface area contributed by atoms with E-state index in [1.807, 2.05) is 55.5 Å². The van der Waals surface area contributed by atoms with Crippen molar-refractivity contribution in [3.8, 4) is 0 Å². The van der Waals surface area contributed by atoms with Crippen molar-refractivity contribution >= 4 is 23.6 Å². The van der Waals surface area contributed by atoms with Gasteiger partial charge in [-0.25, -0.2) is 0 Å². The standard InChI is InChI=1S/C19H20N2O2S/c1-13-7-8-16(17(11-13)24-15-5-3-2-4-6-15)19(23)21-10-9-14(12-21)18(20)22/h2-8,11,14H,9-10,12H2,1H3,(H2,20,22)/t14-/m0/s1. The molecule has 2 N–H and O–H groups in total. The van der Waals surface area contributed by atoms with Crippen LogP contribution in [0.1, 0.15) is 22.3 Å². The van der Waals surface area contributed by atoms with Crippen LogP contribution in [0.4, 0.5) is 0 Å². The van der Waals surface area contributed by atoms with Crippen LogP contribution in [0.2, 0.25) is 0 Å². The minimum atomic E-state index is -0.326. The van der Waals surface area contributed by atoms with Gasteiger partial charge < -0.3 is 10.6 Å². The molecule has 124 valence electrons. The highest BCUT2D eigenvalue weighted by atomic mass is 32.2. The average molecular weight is 340 g/mol. The Morgan fingerprint density at radius 3 is 2.58 bits per heavy atom. The number of rotatable bonds is 4. The van der Waals surface area contributed by atoms with E-state index in [-0.39, 0.29) is 17.7 Å². The van der Waals surface area contributed by atoms with Crippen molar-refractivity contribution in [2.45, 2.75) is 23.1 Å². The minimum Gasteiger partial charge on any atom is -0.369 e. The van der Waals surface area contributed by atoms with Crippen LogP contribution in [0.3, 0.4) is 0 Å². The highest BCUT2D eigenvalue weighted by molar-refractivity contribution is 7.99. The molecule has 1 atom stereocenters. The molecule has 2 aromatic carbocycles. The Morgan fingerprint density at radius 1 is 1.17 bits per heavy atom. The van der Waals surface area contributed by atoms with Crippen molar-refractivity contribution in [1.82, 2.24) is 4.90 Å². The van der Waals surface area contributed by atoms with E-state index in [1.54, 1.807) is 16.7 Å². The molecule has 3 rings (SSSR count). The fourth-order valence-corrected chi connectivity index (χ4v) is 3.91. The summed E-state index contributed by atoms with van der Waals surface area (Å²) in [6, 6.07) is 15.9. The number of benzene rings is 2. The van der Waals surface area contributed by atoms with Crippen LogP contribution in [0.5, 0.6) is 0 Å². The molecule has 4 nitrogen and oxygen atoms in total. The minimum absolute atomic E-state index is 0.0304. The molecular formula is C19H20N2O2S. The summed E-state index contributed by atoms with van der Waals surface area (Å²) in [5, 5.41) is 0. The van der Waals surface area contributed by atoms with Crippen LogP contribution >= 0.6 is 11.8 Å². The molecule has 1 saturated heterocycles. The molecule has 24 heavy (non-hydrogen) atoms. The van der Waals surface area contributed by atoms with Crippen molar-refractivity contribution < 1.29 is 9.59 Å².